The second kappa shape index (κ2) is 7.10. The monoisotopic (exact) mass is 346 g/mol. The highest BCUT2D eigenvalue weighted by molar-refractivity contribution is 7.99. The van der Waals surface area contributed by atoms with Gasteiger partial charge in [-0.2, -0.15) is 0 Å². The number of nitrogens with zero attached hydrogens (tertiary/aromatic N) is 1. The zero-order chi connectivity index (χ0) is 16.2. The van der Waals surface area contributed by atoms with Crippen molar-refractivity contribution < 1.29 is 9.18 Å². The summed E-state index contributed by atoms with van der Waals surface area (Å²) in [5.41, 5.74) is 1.24. The molecule has 0 atom stereocenters. The smallest absolute Gasteiger partial charge is 0.230 e. The second-order valence-corrected chi connectivity index (χ2v) is 7.28. The number of para-hydroxylation sites is 1. The molecular weight excluding hydrogens is 331 g/mol. The number of amides is 1. The maximum absolute atomic E-state index is 13.6. The van der Waals surface area contributed by atoms with Crippen LogP contribution in [0.25, 0.3) is 10.2 Å². The van der Waals surface area contributed by atoms with E-state index in [1.165, 1.54) is 22.3 Å². The molecule has 1 aromatic heterocycles. The van der Waals surface area contributed by atoms with Crippen molar-refractivity contribution in [3.8, 4) is 0 Å². The van der Waals surface area contributed by atoms with Crippen LogP contribution >= 0.6 is 23.1 Å². The van der Waals surface area contributed by atoms with Crippen LogP contribution in [-0.2, 0) is 11.2 Å². The minimum atomic E-state index is -0.372. The lowest BCUT2D eigenvalue weighted by atomic mass is 10.1. The lowest BCUT2D eigenvalue weighted by Crippen LogP contribution is -2.14. The van der Waals surface area contributed by atoms with Crippen molar-refractivity contribution in [2.75, 3.05) is 11.1 Å². The maximum atomic E-state index is 13.6. The molecule has 0 radical (unpaired) electrons. The van der Waals surface area contributed by atoms with Crippen molar-refractivity contribution in [1.29, 1.82) is 0 Å². The molecule has 0 aliphatic heterocycles. The first-order valence-corrected chi connectivity index (χ1v) is 9.02. The average molecular weight is 346 g/mol. The highest BCUT2D eigenvalue weighted by Crippen LogP contribution is 2.27. The molecule has 0 bridgehead atoms. The fraction of sp³-hybridized carbons (Fsp3) is 0.176. The third-order valence-corrected chi connectivity index (χ3v) is 5.05. The fourth-order valence-corrected chi connectivity index (χ4v) is 3.75. The number of hydrogen-bond acceptors (Lipinski definition) is 4. The third kappa shape index (κ3) is 3.89. The average Bonchev–Trinajstić information content (AvgIpc) is 2.93. The van der Waals surface area contributed by atoms with E-state index in [4.69, 9.17) is 0 Å². The van der Waals surface area contributed by atoms with Crippen LogP contribution in [-0.4, -0.2) is 16.6 Å². The van der Waals surface area contributed by atoms with Crippen molar-refractivity contribution in [2.24, 2.45) is 0 Å². The molecule has 0 spiro atoms. The summed E-state index contributed by atoms with van der Waals surface area (Å²) in [5.74, 6) is 0.497. The Morgan fingerprint density at radius 2 is 2.04 bits per heavy atom. The highest BCUT2D eigenvalue weighted by Gasteiger charge is 2.11. The van der Waals surface area contributed by atoms with Gasteiger partial charge in [0, 0.05) is 4.90 Å². The summed E-state index contributed by atoms with van der Waals surface area (Å²) in [6, 6.07) is 12.7. The molecule has 0 aliphatic carbocycles. The topological polar surface area (TPSA) is 42.0 Å². The van der Waals surface area contributed by atoms with E-state index in [0.29, 0.717) is 10.6 Å². The summed E-state index contributed by atoms with van der Waals surface area (Å²) in [6.45, 7) is 2.10. The number of thioether (sulfide) groups is 1. The largest absolute Gasteiger partial charge is 0.302 e. The van der Waals surface area contributed by atoms with Crippen molar-refractivity contribution >= 4 is 44.4 Å². The summed E-state index contributed by atoms with van der Waals surface area (Å²) in [5, 5.41) is 3.17. The van der Waals surface area contributed by atoms with Crippen LogP contribution in [0, 0.1) is 5.82 Å². The lowest BCUT2D eigenvalue weighted by molar-refractivity contribution is -0.115. The van der Waals surface area contributed by atoms with E-state index in [9.17, 15) is 9.18 Å². The Labute approximate surface area is 141 Å². The van der Waals surface area contributed by atoms with Gasteiger partial charge in [-0.1, -0.05) is 36.5 Å². The molecule has 0 saturated carbocycles. The van der Waals surface area contributed by atoms with Crippen molar-refractivity contribution in [2.45, 2.75) is 18.2 Å². The molecule has 6 heteroatoms. The number of fused-ring (bicyclic) bond motifs is 1. The van der Waals surface area contributed by atoms with Crippen LogP contribution in [0.4, 0.5) is 9.52 Å². The molecule has 3 aromatic rings. The van der Waals surface area contributed by atoms with E-state index in [2.05, 4.69) is 17.2 Å². The van der Waals surface area contributed by atoms with Crippen LogP contribution in [0.1, 0.15) is 12.5 Å². The van der Waals surface area contributed by atoms with Gasteiger partial charge < -0.3 is 5.32 Å². The predicted octanol–water partition coefficient (Wildman–Crippen LogP) is 4.73. The molecule has 1 amide bonds. The summed E-state index contributed by atoms with van der Waals surface area (Å²) in [4.78, 5) is 17.4. The summed E-state index contributed by atoms with van der Waals surface area (Å²) >= 11 is 3.04. The number of carbonyl (C=O) groups is 1. The minimum Gasteiger partial charge on any atom is -0.302 e. The first kappa shape index (κ1) is 16.0. The molecule has 118 valence electrons. The van der Waals surface area contributed by atoms with Crippen molar-refractivity contribution in [3.05, 3.63) is 53.8 Å². The number of carbonyl (C=O) groups excluding carboxylic acids is 1. The van der Waals surface area contributed by atoms with Gasteiger partial charge in [-0.05, 0) is 35.6 Å². The van der Waals surface area contributed by atoms with Crippen molar-refractivity contribution in [3.63, 3.8) is 0 Å². The number of thiazole rings is 1. The Kier molecular flexibility index (Phi) is 4.93. The number of nitrogens with one attached hydrogen (secondary N) is 1. The molecule has 0 saturated heterocycles. The molecule has 0 aliphatic rings. The lowest BCUT2D eigenvalue weighted by Gasteiger charge is -2.03. The zero-order valence-corrected chi connectivity index (χ0v) is 14.1. The third-order valence-electron chi connectivity index (χ3n) is 3.22. The molecule has 1 heterocycles. The van der Waals surface area contributed by atoms with Gasteiger partial charge in [-0.3, -0.25) is 4.79 Å². The normalized spacial score (nSPS) is 10.9. The van der Waals surface area contributed by atoms with E-state index in [-0.39, 0.29) is 18.1 Å². The molecule has 0 fully saturated rings. The number of hydrogen-bond donors (Lipinski definition) is 1. The first-order chi connectivity index (χ1) is 11.2. The Balaban J connectivity index is 1.67. The summed E-state index contributed by atoms with van der Waals surface area (Å²) in [6.07, 6.45) is 0.273. The number of anilines is 1. The quantitative estimate of drug-likeness (QED) is 0.679. The Hall–Kier alpha value is -1.92. The molecule has 0 unspecified atom stereocenters. The highest BCUT2D eigenvalue weighted by atomic mass is 32.2. The van der Waals surface area contributed by atoms with E-state index < -0.39 is 0 Å². The molecule has 23 heavy (non-hydrogen) atoms. The van der Waals surface area contributed by atoms with Crippen LogP contribution < -0.4 is 5.32 Å². The van der Waals surface area contributed by atoms with Gasteiger partial charge in [-0.15, -0.1) is 11.8 Å². The van der Waals surface area contributed by atoms with Gasteiger partial charge in [0.25, 0.3) is 0 Å². The van der Waals surface area contributed by atoms with Crippen LogP contribution in [0.2, 0.25) is 0 Å². The summed E-state index contributed by atoms with van der Waals surface area (Å²) in [7, 11) is 0. The number of rotatable bonds is 5. The Morgan fingerprint density at radius 1 is 1.26 bits per heavy atom. The van der Waals surface area contributed by atoms with E-state index in [1.807, 2.05) is 24.3 Å². The SMILES string of the molecule is CCSc1ccc(CC(=O)Nc2nc3c(F)cccc3s2)cc1. The van der Waals surface area contributed by atoms with Gasteiger partial charge >= 0.3 is 0 Å². The minimum absolute atomic E-state index is 0.152. The van der Waals surface area contributed by atoms with Gasteiger partial charge in [0.05, 0.1) is 11.1 Å². The molecule has 2 aromatic carbocycles. The first-order valence-electron chi connectivity index (χ1n) is 7.22. The van der Waals surface area contributed by atoms with Crippen LogP contribution in [0.3, 0.4) is 0 Å². The van der Waals surface area contributed by atoms with Gasteiger partial charge in [-0.25, -0.2) is 9.37 Å². The molecule has 1 N–H and O–H groups in total. The van der Waals surface area contributed by atoms with Crippen LogP contribution in [0.5, 0.6) is 0 Å². The van der Waals surface area contributed by atoms with E-state index >= 15 is 0 Å². The predicted molar refractivity (Wildman–Crippen MR) is 94.8 cm³/mol. The van der Waals surface area contributed by atoms with Crippen molar-refractivity contribution in [1.82, 2.24) is 4.98 Å². The van der Waals surface area contributed by atoms with Gasteiger partial charge in [0.2, 0.25) is 5.91 Å². The number of benzene rings is 2. The molecule has 3 nitrogen and oxygen atoms in total. The Morgan fingerprint density at radius 3 is 2.74 bits per heavy atom. The summed E-state index contributed by atoms with van der Waals surface area (Å²) < 4.78 is 14.3. The second-order valence-electron chi connectivity index (χ2n) is 4.91. The van der Waals surface area contributed by atoms with Gasteiger partial charge in [0.15, 0.2) is 5.13 Å². The number of aromatic nitrogens is 1. The maximum Gasteiger partial charge on any atom is 0.230 e. The van der Waals surface area contributed by atoms with E-state index in [1.54, 1.807) is 23.9 Å². The van der Waals surface area contributed by atoms with Crippen LogP contribution in [0.15, 0.2) is 47.4 Å². The Bertz CT molecular complexity index is 830. The molecular formula is C17H15FN2OS2. The van der Waals surface area contributed by atoms with Gasteiger partial charge in [0.1, 0.15) is 11.3 Å². The standard InChI is InChI=1S/C17H15FN2OS2/c1-2-22-12-8-6-11(7-9-12)10-15(21)19-17-20-16-13(18)4-3-5-14(16)23-17/h3-9H,2,10H2,1H3,(H,19,20,21). The molecule has 3 rings (SSSR count). The van der Waals surface area contributed by atoms with E-state index in [0.717, 1.165) is 16.0 Å². The number of halogens is 1. The zero-order valence-electron chi connectivity index (χ0n) is 12.5. The fourth-order valence-electron chi connectivity index (χ4n) is 2.19.